The highest BCUT2D eigenvalue weighted by Crippen LogP contribution is 2.19. The molecule has 0 aliphatic carbocycles. The van der Waals surface area contributed by atoms with E-state index in [0.29, 0.717) is 18.8 Å². The second-order valence-corrected chi connectivity index (χ2v) is 6.14. The highest BCUT2D eigenvalue weighted by atomic mass is 35.5. The molecule has 1 amide bonds. The van der Waals surface area contributed by atoms with Gasteiger partial charge in [0.1, 0.15) is 11.4 Å². The maximum atomic E-state index is 11.8. The summed E-state index contributed by atoms with van der Waals surface area (Å²) in [5.41, 5.74) is 5.36. The van der Waals surface area contributed by atoms with E-state index >= 15 is 0 Å². The van der Waals surface area contributed by atoms with Crippen LogP contribution in [0.5, 0.6) is 0 Å². The van der Waals surface area contributed by atoms with E-state index < -0.39 is 5.60 Å². The number of halogens is 1. The highest BCUT2D eigenvalue weighted by molar-refractivity contribution is 6.30. The summed E-state index contributed by atoms with van der Waals surface area (Å²) in [7, 11) is 0. The molecule has 112 valence electrons. The topological polar surface area (TPSA) is 81.3 Å². The Hall–Kier alpha value is -2.00. The van der Waals surface area contributed by atoms with Gasteiger partial charge in [0.2, 0.25) is 0 Å². The van der Waals surface area contributed by atoms with Gasteiger partial charge in [-0.1, -0.05) is 17.5 Å². The van der Waals surface area contributed by atoms with Gasteiger partial charge >= 0.3 is 6.09 Å². The fourth-order valence-electron chi connectivity index (χ4n) is 1.68. The lowest BCUT2D eigenvalue weighted by Gasteiger charge is -2.37. The monoisotopic (exact) mass is 308 g/mol. The van der Waals surface area contributed by atoms with E-state index in [1.165, 1.54) is 6.20 Å². The van der Waals surface area contributed by atoms with Crippen molar-refractivity contribution in [2.75, 3.05) is 18.8 Å². The quantitative estimate of drug-likeness (QED) is 0.741. The summed E-state index contributed by atoms with van der Waals surface area (Å²) >= 11 is 5.89. The first-order chi connectivity index (χ1) is 9.74. The molecule has 0 bridgehead atoms. The minimum Gasteiger partial charge on any atom is -0.444 e. The van der Waals surface area contributed by atoms with E-state index in [-0.39, 0.29) is 23.0 Å². The van der Waals surface area contributed by atoms with Gasteiger partial charge in [0, 0.05) is 13.1 Å². The zero-order valence-electron chi connectivity index (χ0n) is 12.2. The average molecular weight is 309 g/mol. The Kier molecular flexibility index (Phi) is 4.24. The Labute approximate surface area is 128 Å². The predicted octanol–water partition coefficient (Wildman–Crippen LogP) is 1.93. The zero-order valence-corrected chi connectivity index (χ0v) is 12.9. The van der Waals surface area contributed by atoms with Gasteiger partial charge in [-0.25, -0.2) is 14.8 Å². The molecular formula is C14H17ClN4O2. The van der Waals surface area contributed by atoms with Gasteiger partial charge in [-0.05, 0) is 26.7 Å². The molecule has 0 saturated carbocycles. The summed E-state index contributed by atoms with van der Waals surface area (Å²) in [4.78, 5) is 21.2. The third-order valence-electron chi connectivity index (χ3n) is 2.68. The van der Waals surface area contributed by atoms with E-state index in [2.05, 4.69) is 21.8 Å². The van der Waals surface area contributed by atoms with Gasteiger partial charge in [0.05, 0.1) is 12.1 Å². The van der Waals surface area contributed by atoms with Gasteiger partial charge in [-0.15, -0.1) is 0 Å². The lowest BCUT2D eigenvalue weighted by Crippen LogP contribution is -2.51. The molecule has 1 aromatic heterocycles. The molecule has 2 rings (SSSR count). The van der Waals surface area contributed by atoms with Gasteiger partial charge in [-0.3, -0.25) is 0 Å². The van der Waals surface area contributed by atoms with Gasteiger partial charge < -0.3 is 15.4 Å². The number of hydrogen-bond acceptors (Lipinski definition) is 5. The maximum absolute atomic E-state index is 11.8. The van der Waals surface area contributed by atoms with E-state index in [1.807, 2.05) is 20.8 Å². The van der Waals surface area contributed by atoms with E-state index in [9.17, 15) is 4.79 Å². The number of amides is 1. The molecule has 0 unspecified atom stereocenters. The van der Waals surface area contributed by atoms with Crippen LogP contribution in [0.2, 0.25) is 5.15 Å². The van der Waals surface area contributed by atoms with Crippen molar-refractivity contribution in [2.24, 2.45) is 5.92 Å². The second-order valence-electron chi connectivity index (χ2n) is 5.79. The maximum Gasteiger partial charge on any atom is 0.410 e. The Bertz CT molecular complexity index is 610. The molecule has 6 nitrogen and oxygen atoms in total. The number of aromatic nitrogens is 2. The molecule has 0 aromatic carbocycles. The Morgan fingerprint density at radius 2 is 2.19 bits per heavy atom. The Balaban J connectivity index is 1.89. The number of anilines is 1. The Morgan fingerprint density at radius 3 is 2.76 bits per heavy atom. The van der Waals surface area contributed by atoms with Crippen molar-refractivity contribution in [3.8, 4) is 11.8 Å². The molecule has 0 atom stereocenters. The molecule has 2 N–H and O–H groups in total. The number of nitrogens with two attached hydrogens (primary N) is 1. The third kappa shape index (κ3) is 4.23. The van der Waals surface area contributed by atoms with Crippen LogP contribution in [0.4, 0.5) is 10.6 Å². The number of carbonyl (C=O) groups is 1. The average Bonchev–Trinajstić information content (AvgIpc) is 2.27. The normalized spacial score (nSPS) is 15.0. The van der Waals surface area contributed by atoms with Gasteiger partial charge in [-0.2, -0.15) is 0 Å². The lowest BCUT2D eigenvalue weighted by atomic mass is 10.0. The largest absolute Gasteiger partial charge is 0.444 e. The standard InChI is InChI=1S/C14H17ClN4O2/c1-14(2,3)21-13(20)19-7-9(8-19)4-5-10-12(15)18-11(16)6-17-10/h6,9H,7-8H2,1-3H3,(H2,16,18). The molecule has 1 aromatic rings. The highest BCUT2D eigenvalue weighted by Gasteiger charge is 2.32. The van der Waals surface area contributed by atoms with Crippen molar-refractivity contribution in [2.45, 2.75) is 26.4 Å². The predicted molar refractivity (Wildman–Crippen MR) is 79.6 cm³/mol. The van der Waals surface area contributed by atoms with Crippen molar-refractivity contribution >= 4 is 23.5 Å². The minimum absolute atomic E-state index is 0.0907. The van der Waals surface area contributed by atoms with Crippen LogP contribution in [0, 0.1) is 17.8 Å². The molecular weight excluding hydrogens is 292 g/mol. The van der Waals surface area contributed by atoms with Crippen molar-refractivity contribution in [3.63, 3.8) is 0 Å². The molecule has 0 spiro atoms. The molecule has 2 heterocycles. The van der Waals surface area contributed by atoms with Crippen LogP contribution in [0.25, 0.3) is 0 Å². The van der Waals surface area contributed by atoms with Gasteiger partial charge in [0.15, 0.2) is 10.8 Å². The molecule has 1 aliphatic rings. The van der Waals surface area contributed by atoms with E-state index in [0.717, 1.165) is 0 Å². The number of rotatable bonds is 0. The fourth-order valence-corrected chi connectivity index (χ4v) is 1.87. The number of likely N-dealkylation sites (tertiary alicyclic amines) is 1. The fraction of sp³-hybridized carbons (Fsp3) is 0.500. The second kappa shape index (κ2) is 5.78. The van der Waals surface area contributed by atoms with E-state index in [1.54, 1.807) is 4.90 Å². The number of nitrogen functional groups attached to an aromatic ring is 1. The summed E-state index contributed by atoms with van der Waals surface area (Å²) in [6.45, 7) is 6.60. The molecule has 1 aliphatic heterocycles. The van der Waals surface area contributed by atoms with Crippen LogP contribution in [-0.4, -0.2) is 39.7 Å². The minimum atomic E-state index is -0.485. The zero-order chi connectivity index (χ0) is 15.6. The smallest absolute Gasteiger partial charge is 0.410 e. The van der Waals surface area contributed by atoms with Crippen molar-refractivity contribution in [1.82, 2.24) is 14.9 Å². The summed E-state index contributed by atoms with van der Waals surface area (Å²) < 4.78 is 5.27. The first-order valence-electron chi connectivity index (χ1n) is 6.52. The lowest BCUT2D eigenvalue weighted by molar-refractivity contribution is 0.00592. The van der Waals surface area contributed by atoms with Crippen LogP contribution in [0.15, 0.2) is 6.20 Å². The first-order valence-corrected chi connectivity index (χ1v) is 6.90. The summed E-state index contributed by atoms with van der Waals surface area (Å²) in [5.74, 6) is 6.22. The third-order valence-corrected chi connectivity index (χ3v) is 2.94. The molecule has 0 radical (unpaired) electrons. The number of carbonyl (C=O) groups excluding carboxylic acids is 1. The van der Waals surface area contributed by atoms with E-state index in [4.69, 9.17) is 22.1 Å². The van der Waals surface area contributed by atoms with Crippen molar-refractivity contribution in [3.05, 3.63) is 17.0 Å². The summed E-state index contributed by atoms with van der Waals surface area (Å²) in [6.07, 6.45) is 1.09. The molecule has 7 heteroatoms. The summed E-state index contributed by atoms with van der Waals surface area (Å²) in [5, 5.41) is 0.186. The number of ether oxygens (including phenoxy) is 1. The van der Waals surface area contributed by atoms with Crippen LogP contribution in [-0.2, 0) is 4.74 Å². The SMILES string of the molecule is CC(C)(C)OC(=O)N1CC(C#Cc2ncc(N)nc2Cl)C1. The summed E-state index contributed by atoms with van der Waals surface area (Å²) in [6, 6.07) is 0. The van der Waals surface area contributed by atoms with Crippen molar-refractivity contribution in [1.29, 1.82) is 0 Å². The number of hydrogen-bond donors (Lipinski definition) is 1. The van der Waals surface area contributed by atoms with Gasteiger partial charge in [0.25, 0.3) is 0 Å². The first kappa shape index (κ1) is 15.4. The van der Waals surface area contributed by atoms with Crippen LogP contribution >= 0.6 is 11.6 Å². The molecule has 21 heavy (non-hydrogen) atoms. The molecule has 1 saturated heterocycles. The molecule has 1 fully saturated rings. The Morgan fingerprint density at radius 1 is 1.52 bits per heavy atom. The van der Waals surface area contributed by atoms with Crippen LogP contribution in [0.3, 0.4) is 0 Å². The van der Waals surface area contributed by atoms with Crippen LogP contribution in [0.1, 0.15) is 26.5 Å². The van der Waals surface area contributed by atoms with Crippen LogP contribution < -0.4 is 5.73 Å². The number of nitrogens with zero attached hydrogens (tertiary/aromatic N) is 3. The van der Waals surface area contributed by atoms with Crippen molar-refractivity contribution < 1.29 is 9.53 Å².